The summed E-state index contributed by atoms with van der Waals surface area (Å²) in [6, 6.07) is 1.96. The van der Waals surface area contributed by atoms with Crippen LogP contribution in [0.3, 0.4) is 0 Å². The molecule has 1 unspecified atom stereocenters. The molecule has 1 aliphatic rings. The number of carbonyl (C=O) groups excluding carboxylic acids is 1. The lowest BCUT2D eigenvalue weighted by molar-refractivity contribution is -0.130. The quantitative estimate of drug-likeness (QED) is 0.800. The second kappa shape index (κ2) is 3.85. The van der Waals surface area contributed by atoms with Crippen LogP contribution in [0.15, 0.2) is 17.1 Å². The molecule has 17 heavy (non-hydrogen) atoms. The number of benzene rings is 1. The first-order chi connectivity index (χ1) is 7.84. The Morgan fingerprint density at radius 2 is 2.06 bits per heavy atom. The van der Waals surface area contributed by atoms with Gasteiger partial charge in [-0.15, -0.1) is 0 Å². The fourth-order valence-corrected chi connectivity index (χ4v) is 2.10. The van der Waals surface area contributed by atoms with Gasteiger partial charge in [0.1, 0.15) is 5.82 Å². The highest BCUT2D eigenvalue weighted by Gasteiger charge is 2.45. The van der Waals surface area contributed by atoms with Crippen LogP contribution in [-0.2, 0) is 15.1 Å². The molecular weight excluding hydrogens is 270 g/mol. The number of amidine groups is 1. The molecule has 0 saturated carbocycles. The maximum Gasteiger partial charge on any atom is 0.298 e. The molecular formula is C10H7Cl2FN2O2. The molecule has 0 saturated heterocycles. The second-order valence-corrected chi connectivity index (χ2v) is 4.45. The number of hydrogen-bond acceptors (Lipinski definition) is 3. The van der Waals surface area contributed by atoms with Gasteiger partial charge in [0, 0.05) is 10.6 Å². The zero-order valence-electron chi connectivity index (χ0n) is 8.63. The van der Waals surface area contributed by atoms with Crippen LogP contribution >= 0.6 is 23.2 Å². The van der Waals surface area contributed by atoms with Crippen molar-refractivity contribution in [3.05, 3.63) is 33.6 Å². The SMILES string of the molecule is CC1(c2cc(F)c(Cl)cc2Cl)OC(N)=NC1=O. The molecule has 1 amide bonds. The van der Waals surface area contributed by atoms with E-state index in [1.165, 1.54) is 13.0 Å². The first-order valence-electron chi connectivity index (χ1n) is 4.57. The Hall–Kier alpha value is -1.33. The number of carbonyl (C=O) groups is 1. The van der Waals surface area contributed by atoms with E-state index in [1.54, 1.807) is 0 Å². The maximum atomic E-state index is 13.4. The van der Waals surface area contributed by atoms with Crippen LogP contribution in [0.5, 0.6) is 0 Å². The molecule has 0 spiro atoms. The van der Waals surface area contributed by atoms with E-state index in [2.05, 4.69) is 4.99 Å². The lowest BCUT2D eigenvalue weighted by Crippen LogP contribution is -2.32. The van der Waals surface area contributed by atoms with Crippen molar-refractivity contribution in [1.82, 2.24) is 0 Å². The lowest BCUT2D eigenvalue weighted by atomic mass is 9.95. The topological polar surface area (TPSA) is 64.7 Å². The normalized spacial score (nSPS) is 23.5. The molecule has 1 atom stereocenters. The molecule has 1 heterocycles. The summed E-state index contributed by atoms with van der Waals surface area (Å²) in [6.07, 6.45) is 0. The van der Waals surface area contributed by atoms with E-state index in [9.17, 15) is 9.18 Å². The molecule has 1 aromatic rings. The molecule has 0 fully saturated rings. The van der Waals surface area contributed by atoms with E-state index in [0.717, 1.165) is 6.07 Å². The molecule has 1 aromatic carbocycles. The fourth-order valence-electron chi connectivity index (χ4n) is 1.54. The lowest BCUT2D eigenvalue weighted by Gasteiger charge is -2.22. The van der Waals surface area contributed by atoms with Crippen LogP contribution in [0.4, 0.5) is 4.39 Å². The van der Waals surface area contributed by atoms with Gasteiger partial charge in [-0.1, -0.05) is 23.2 Å². The van der Waals surface area contributed by atoms with Crippen LogP contribution in [-0.4, -0.2) is 11.9 Å². The first kappa shape index (κ1) is 12.1. The molecule has 7 heteroatoms. The second-order valence-electron chi connectivity index (χ2n) is 3.64. The highest BCUT2D eigenvalue weighted by atomic mass is 35.5. The number of halogens is 3. The molecule has 0 radical (unpaired) electrons. The van der Waals surface area contributed by atoms with Gasteiger partial charge >= 0.3 is 0 Å². The van der Waals surface area contributed by atoms with E-state index in [4.69, 9.17) is 33.7 Å². The summed E-state index contributed by atoms with van der Waals surface area (Å²) < 4.78 is 18.5. The van der Waals surface area contributed by atoms with Gasteiger partial charge in [-0.2, -0.15) is 4.99 Å². The highest BCUT2D eigenvalue weighted by molar-refractivity contribution is 6.35. The molecule has 0 aromatic heterocycles. The molecule has 0 aliphatic carbocycles. The number of hydrogen-bond donors (Lipinski definition) is 1. The summed E-state index contributed by atoms with van der Waals surface area (Å²) >= 11 is 11.5. The van der Waals surface area contributed by atoms with Gasteiger partial charge in [0.05, 0.1) is 5.02 Å². The third-order valence-electron chi connectivity index (χ3n) is 2.45. The number of ether oxygens (including phenoxy) is 1. The van der Waals surface area contributed by atoms with Crippen molar-refractivity contribution in [2.75, 3.05) is 0 Å². The number of rotatable bonds is 1. The Labute approximate surface area is 106 Å². The van der Waals surface area contributed by atoms with Crippen LogP contribution < -0.4 is 5.73 Å². The minimum absolute atomic E-state index is 0.108. The monoisotopic (exact) mass is 276 g/mol. The summed E-state index contributed by atoms with van der Waals surface area (Å²) in [6.45, 7) is 1.41. The van der Waals surface area contributed by atoms with E-state index in [0.29, 0.717) is 0 Å². The van der Waals surface area contributed by atoms with Crippen LogP contribution in [0.2, 0.25) is 10.0 Å². The van der Waals surface area contributed by atoms with Crippen molar-refractivity contribution < 1.29 is 13.9 Å². The zero-order chi connectivity index (χ0) is 12.8. The molecule has 4 nitrogen and oxygen atoms in total. The maximum absolute atomic E-state index is 13.4. The minimum atomic E-state index is -1.51. The number of amides is 1. The average molecular weight is 277 g/mol. The van der Waals surface area contributed by atoms with Crippen molar-refractivity contribution in [2.24, 2.45) is 10.7 Å². The predicted molar refractivity (Wildman–Crippen MR) is 61.5 cm³/mol. The first-order valence-corrected chi connectivity index (χ1v) is 5.33. The van der Waals surface area contributed by atoms with Crippen LogP contribution in [0.1, 0.15) is 12.5 Å². The summed E-state index contributed by atoms with van der Waals surface area (Å²) in [5, 5.41) is -0.0289. The Morgan fingerprint density at radius 1 is 1.41 bits per heavy atom. The van der Waals surface area contributed by atoms with Crippen molar-refractivity contribution in [2.45, 2.75) is 12.5 Å². The number of nitrogens with zero attached hydrogens (tertiary/aromatic N) is 1. The van der Waals surface area contributed by atoms with E-state index < -0.39 is 17.3 Å². The molecule has 90 valence electrons. The summed E-state index contributed by atoms with van der Waals surface area (Å²) in [5.41, 5.74) is 3.93. The van der Waals surface area contributed by atoms with Gasteiger partial charge in [0.25, 0.3) is 11.9 Å². The predicted octanol–water partition coefficient (Wildman–Crippen LogP) is 2.22. The van der Waals surface area contributed by atoms with Gasteiger partial charge in [-0.25, -0.2) is 4.39 Å². The van der Waals surface area contributed by atoms with Crippen LogP contribution in [0.25, 0.3) is 0 Å². The van der Waals surface area contributed by atoms with Crippen LogP contribution in [0, 0.1) is 5.82 Å². The van der Waals surface area contributed by atoms with Crippen molar-refractivity contribution in [1.29, 1.82) is 0 Å². The number of nitrogens with two attached hydrogens (primary N) is 1. The van der Waals surface area contributed by atoms with Gasteiger partial charge in [0.15, 0.2) is 0 Å². The van der Waals surface area contributed by atoms with E-state index >= 15 is 0 Å². The van der Waals surface area contributed by atoms with E-state index in [-0.39, 0.29) is 21.6 Å². The molecule has 2 N–H and O–H groups in total. The van der Waals surface area contributed by atoms with Crippen molar-refractivity contribution in [3.63, 3.8) is 0 Å². The molecule has 0 bridgehead atoms. The number of aliphatic imine (C=N–C) groups is 1. The van der Waals surface area contributed by atoms with Gasteiger partial charge in [0.2, 0.25) is 5.60 Å². The van der Waals surface area contributed by atoms with Crippen molar-refractivity contribution >= 4 is 35.1 Å². The van der Waals surface area contributed by atoms with Crippen molar-refractivity contribution in [3.8, 4) is 0 Å². The van der Waals surface area contributed by atoms with E-state index in [1.807, 2.05) is 0 Å². The average Bonchev–Trinajstić information content (AvgIpc) is 2.47. The third-order valence-corrected chi connectivity index (χ3v) is 3.05. The standard InChI is InChI=1S/C10H7Cl2FN2O2/c1-10(8(16)15-9(14)17-10)4-2-7(13)6(12)3-5(4)11/h2-3H,1H3,(H2,14,15,16). The Kier molecular flexibility index (Phi) is 2.75. The molecule has 1 aliphatic heterocycles. The fraction of sp³-hybridized carbons (Fsp3) is 0.200. The Morgan fingerprint density at radius 3 is 2.59 bits per heavy atom. The third kappa shape index (κ3) is 1.85. The Balaban J connectivity index is 2.56. The summed E-state index contributed by atoms with van der Waals surface area (Å²) in [4.78, 5) is 15.1. The summed E-state index contributed by atoms with van der Waals surface area (Å²) in [7, 11) is 0. The minimum Gasteiger partial charge on any atom is -0.444 e. The largest absolute Gasteiger partial charge is 0.444 e. The smallest absolute Gasteiger partial charge is 0.298 e. The Bertz CT molecular complexity index is 547. The van der Waals surface area contributed by atoms with Gasteiger partial charge < -0.3 is 10.5 Å². The van der Waals surface area contributed by atoms with Gasteiger partial charge in [-0.3, -0.25) is 4.79 Å². The highest BCUT2D eigenvalue weighted by Crippen LogP contribution is 2.37. The zero-order valence-corrected chi connectivity index (χ0v) is 10.1. The summed E-state index contributed by atoms with van der Waals surface area (Å²) in [5.74, 6) is -1.34. The van der Waals surface area contributed by atoms with Gasteiger partial charge in [-0.05, 0) is 19.1 Å². The molecule has 2 rings (SSSR count).